The maximum absolute atomic E-state index is 11.8. The van der Waals surface area contributed by atoms with Gasteiger partial charge in [-0.3, -0.25) is 9.69 Å². The Labute approximate surface area is 124 Å². The van der Waals surface area contributed by atoms with E-state index in [1.807, 2.05) is 6.07 Å². The monoisotopic (exact) mass is 298 g/mol. The van der Waals surface area contributed by atoms with Gasteiger partial charge in [0.25, 0.3) is 0 Å². The lowest BCUT2D eigenvalue weighted by Gasteiger charge is -2.44. The van der Waals surface area contributed by atoms with Gasteiger partial charge in [-0.2, -0.15) is 5.26 Å². The Bertz CT molecular complexity index is 430. The summed E-state index contributed by atoms with van der Waals surface area (Å²) >= 11 is 0. The summed E-state index contributed by atoms with van der Waals surface area (Å²) < 4.78 is 15.2. The van der Waals surface area contributed by atoms with Crippen LogP contribution in [0.15, 0.2) is 0 Å². The fourth-order valence-electron chi connectivity index (χ4n) is 1.81. The van der Waals surface area contributed by atoms with Crippen molar-refractivity contribution in [1.82, 2.24) is 4.90 Å². The van der Waals surface area contributed by atoms with Crippen molar-refractivity contribution in [2.75, 3.05) is 26.8 Å². The number of likely N-dealkylation sites (tertiary alicyclic amines) is 1. The fourth-order valence-corrected chi connectivity index (χ4v) is 1.81. The van der Waals surface area contributed by atoms with E-state index in [4.69, 9.17) is 19.5 Å². The lowest BCUT2D eigenvalue weighted by atomic mass is 9.96. The molecule has 0 bridgehead atoms. The van der Waals surface area contributed by atoms with Crippen LogP contribution in [0.1, 0.15) is 33.6 Å². The highest BCUT2D eigenvalue weighted by atomic mass is 16.6. The molecule has 0 saturated carbocycles. The number of esters is 1. The van der Waals surface area contributed by atoms with Gasteiger partial charge in [0.1, 0.15) is 11.7 Å². The summed E-state index contributed by atoms with van der Waals surface area (Å²) in [6.07, 6.45) is 0.208. The molecule has 7 heteroatoms. The first-order valence-corrected chi connectivity index (χ1v) is 6.81. The minimum absolute atomic E-state index is 0.0361. The van der Waals surface area contributed by atoms with Crippen molar-refractivity contribution in [1.29, 1.82) is 5.26 Å². The summed E-state index contributed by atoms with van der Waals surface area (Å²) in [5, 5.41) is 9.16. The van der Waals surface area contributed by atoms with E-state index in [-0.39, 0.29) is 19.5 Å². The van der Waals surface area contributed by atoms with E-state index in [0.29, 0.717) is 13.0 Å². The molecule has 118 valence electrons. The van der Waals surface area contributed by atoms with E-state index in [1.54, 1.807) is 27.9 Å². The maximum Gasteiger partial charge on any atom is 0.410 e. The van der Waals surface area contributed by atoms with Crippen molar-refractivity contribution in [3.8, 4) is 6.07 Å². The number of carbonyl (C=O) groups is 2. The molecule has 1 fully saturated rings. The zero-order chi connectivity index (χ0) is 16.1. The number of hydrogen-bond acceptors (Lipinski definition) is 6. The first-order valence-electron chi connectivity index (χ1n) is 6.81. The number of amides is 1. The van der Waals surface area contributed by atoms with Crippen molar-refractivity contribution < 1.29 is 23.8 Å². The number of rotatable bonds is 5. The Kier molecular flexibility index (Phi) is 5.55. The molecule has 0 radical (unpaired) electrons. The van der Waals surface area contributed by atoms with Gasteiger partial charge in [-0.05, 0) is 27.2 Å². The first-order chi connectivity index (χ1) is 9.71. The molecule has 0 atom stereocenters. The third-order valence-electron chi connectivity index (χ3n) is 2.79. The number of nitriles is 1. The highest BCUT2D eigenvalue weighted by Crippen LogP contribution is 2.27. The molecule has 1 aliphatic rings. The Morgan fingerprint density at radius 1 is 1.33 bits per heavy atom. The molecule has 21 heavy (non-hydrogen) atoms. The van der Waals surface area contributed by atoms with E-state index >= 15 is 0 Å². The summed E-state index contributed by atoms with van der Waals surface area (Å²) in [5.41, 5.74) is -1.85. The molecule has 7 nitrogen and oxygen atoms in total. The predicted octanol–water partition coefficient (Wildman–Crippen LogP) is 1.47. The van der Waals surface area contributed by atoms with Gasteiger partial charge in [0, 0.05) is 20.1 Å². The molecule has 1 amide bonds. The standard InChI is InChI=1S/C14H22N2O5/c1-13(2,3)21-12(18)16-9-14(8-15,10-16)20-11(17)6-5-7-19-4/h5-7,9-10H2,1-4H3. The summed E-state index contributed by atoms with van der Waals surface area (Å²) in [6.45, 7) is 5.82. The zero-order valence-electron chi connectivity index (χ0n) is 13.0. The molecule has 0 aromatic carbocycles. The van der Waals surface area contributed by atoms with Crippen LogP contribution >= 0.6 is 0 Å². The highest BCUT2D eigenvalue weighted by molar-refractivity contribution is 5.73. The SMILES string of the molecule is COCCCC(=O)OC1(C#N)CN(C(=O)OC(C)(C)C)C1. The van der Waals surface area contributed by atoms with Crippen molar-refractivity contribution in [2.24, 2.45) is 0 Å². The van der Waals surface area contributed by atoms with Crippen LogP contribution in [-0.4, -0.2) is 55.0 Å². The number of hydrogen-bond donors (Lipinski definition) is 0. The van der Waals surface area contributed by atoms with Crippen molar-refractivity contribution in [3.63, 3.8) is 0 Å². The molecule has 0 aliphatic carbocycles. The average molecular weight is 298 g/mol. The molecule has 1 aliphatic heterocycles. The van der Waals surface area contributed by atoms with Gasteiger partial charge in [0.2, 0.25) is 5.60 Å². The van der Waals surface area contributed by atoms with E-state index in [9.17, 15) is 9.59 Å². The van der Waals surface area contributed by atoms with Gasteiger partial charge < -0.3 is 14.2 Å². The minimum Gasteiger partial charge on any atom is -0.444 e. The van der Waals surface area contributed by atoms with Crippen molar-refractivity contribution >= 4 is 12.1 Å². The van der Waals surface area contributed by atoms with Crippen LogP contribution in [-0.2, 0) is 19.0 Å². The Morgan fingerprint density at radius 3 is 2.43 bits per heavy atom. The van der Waals surface area contributed by atoms with Crippen LogP contribution in [0.4, 0.5) is 4.79 Å². The molecule has 1 heterocycles. The smallest absolute Gasteiger partial charge is 0.410 e. The quantitative estimate of drug-likeness (QED) is 0.564. The van der Waals surface area contributed by atoms with E-state index in [0.717, 1.165) is 0 Å². The Morgan fingerprint density at radius 2 is 1.95 bits per heavy atom. The molecule has 0 aromatic rings. The first kappa shape index (κ1) is 17.2. The molecular weight excluding hydrogens is 276 g/mol. The Hall–Kier alpha value is -1.81. The van der Waals surface area contributed by atoms with Gasteiger partial charge in [0.15, 0.2) is 0 Å². The predicted molar refractivity (Wildman–Crippen MR) is 73.4 cm³/mol. The maximum atomic E-state index is 11.8. The van der Waals surface area contributed by atoms with Crippen LogP contribution in [0, 0.1) is 11.3 Å². The molecule has 0 aromatic heterocycles. The zero-order valence-corrected chi connectivity index (χ0v) is 13.0. The lowest BCUT2D eigenvalue weighted by Crippen LogP contribution is -2.65. The van der Waals surface area contributed by atoms with Crippen LogP contribution in [0.3, 0.4) is 0 Å². The van der Waals surface area contributed by atoms with Gasteiger partial charge in [-0.25, -0.2) is 4.79 Å². The summed E-state index contributed by atoms with van der Waals surface area (Å²) in [5.74, 6) is -0.461. The molecule has 0 spiro atoms. The fraction of sp³-hybridized carbons (Fsp3) is 0.786. The van der Waals surface area contributed by atoms with Crippen LogP contribution in [0.25, 0.3) is 0 Å². The van der Waals surface area contributed by atoms with E-state index in [2.05, 4.69) is 0 Å². The summed E-state index contributed by atoms with van der Waals surface area (Å²) in [7, 11) is 1.55. The topological polar surface area (TPSA) is 88.9 Å². The molecule has 0 N–H and O–H groups in total. The lowest BCUT2D eigenvalue weighted by molar-refractivity contribution is -0.167. The van der Waals surface area contributed by atoms with E-state index < -0.39 is 23.3 Å². The van der Waals surface area contributed by atoms with Gasteiger partial charge in [0.05, 0.1) is 13.1 Å². The second-order valence-corrected chi connectivity index (χ2v) is 6.01. The van der Waals surface area contributed by atoms with Gasteiger partial charge in [-0.1, -0.05) is 0 Å². The molecular formula is C14H22N2O5. The third kappa shape index (κ3) is 5.23. The normalized spacial score (nSPS) is 16.6. The van der Waals surface area contributed by atoms with Crippen molar-refractivity contribution in [2.45, 2.75) is 44.8 Å². The molecule has 0 unspecified atom stereocenters. The van der Waals surface area contributed by atoms with Crippen LogP contribution in [0.2, 0.25) is 0 Å². The molecule has 1 saturated heterocycles. The third-order valence-corrected chi connectivity index (χ3v) is 2.79. The number of carbonyl (C=O) groups excluding carboxylic acids is 2. The number of nitrogens with zero attached hydrogens (tertiary/aromatic N) is 2. The second-order valence-electron chi connectivity index (χ2n) is 6.01. The molecule has 1 rings (SSSR count). The number of methoxy groups -OCH3 is 1. The summed E-state index contributed by atoms with van der Waals surface area (Å²) in [4.78, 5) is 24.7. The van der Waals surface area contributed by atoms with Gasteiger partial charge >= 0.3 is 12.1 Å². The average Bonchev–Trinajstić information content (AvgIpc) is 2.31. The highest BCUT2D eigenvalue weighted by Gasteiger charge is 2.50. The van der Waals surface area contributed by atoms with Gasteiger partial charge in [-0.15, -0.1) is 0 Å². The summed E-state index contributed by atoms with van der Waals surface area (Å²) in [6, 6.07) is 1.96. The van der Waals surface area contributed by atoms with Crippen LogP contribution in [0.5, 0.6) is 0 Å². The van der Waals surface area contributed by atoms with Crippen molar-refractivity contribution in [3.05, 3.63) is 0 Å². The second kappa shape index (κ2) is 6.76. The van der Waals surface area contributed by atoms with Crippen LogP contribution < -0.4 is 0 Å². The largest absolute Gasteiger partial charge is 0.444 e. The van der Waals surface area contributed by atoms with E-state index in [1.165, 1.54) is 4.90 Å². The minimum atomic E-state index is -1.25. The number of ether oxygens (including phenoxy) is 3. The Balaban J connectivity index is 2.44.